The van der Waals surface area contributed by atoms with Crippen molar-refractivity contribution < 1.29 is 17.2 Å². The van der Waals surface area contributed by atoms with Crippen LogP contribution in [0.25, 0.3) is 11.0 Å². The van der Waals surface area contributed by atoms with Gasteiger partial charge in [-0.2, -0.15) is 4.98 Å². The molecule has 0 aromatic carbocycles. The number of nitrogens with one attached hydrogen (secondary N) is 1. The molecule has 0 spiro atoms. The van der Waals surface area contributed by atoms with Crippen molar-refractivity contribution in [1.29, 1.82) is 0 Å². The number of hydrogen-bond acceptors (Lipinski definition) is 6. The summed E-state index contributed by atoms with van der Waals surface area (Å²) in [6.45, 7) is 0.829. The van der Waals surface area contributed by atoms with Gasteiger partial charge >= 0.3 is 0 Å². The Bertz CT molecular complexity index is 1190. The molecule has 3 heterocycles. The highest BCUT2D eigenvalue weighted by molar-refractivity contribution is 7.88. The molecule has 3 aliphatic rings. The van der Waals surface area contributed by atoms with E-state index in [9.17, 15) is 22.0 Å². The topological polar surface area (TPSA) is 97.2 Å². The maximum Gasteiger partial charge on any atom is 0.269 e. The Morgan fingerprint density at radius 1 is 1.16 bits per heavy atom. The van der Waals surface area contributed by atoms with Crippen LogP contribution in [0.3, 0.4) is 0 Å². The first-order valence-corrected chi connectivity index (χ1v) is 13.0. The third kappa shape index (κ3) is 3.89. The van der Waals surface area contributed by atoms with Gasteiger partial charge in [0, 0.05) is 36.8 Å². The number of rotatable bonds is 5. The van der Waals surface area contributed by atoms with E-state index in [0.29, 0.717) is 54.7 Å². The van der Waals surface area contributed by atoms with Crippen molar-refractivity contribution in [2.45, 2.75) is 57.0 Å². The smallest absolute Gasteiger partial charge is 0.269 e. The number of aromatic nitrogens is 3. The number of pyridine rings is 1. The van der Waals surface area contributed by atoms with Gasteiger partial charge in [-0.15, -0.1) is 0 Å². The van der Waals surface area contributed by atoms with Crippen LogP contribution in [0.5, 0.6) is 0 Å². The summed E-state index contributed by atoms with van der Waals surface area (Å²) >= 11 is 0. The monoisotopic (exact) mass is 467 g/mol. The standard InChI is InChI=1S/C21H27F2N5O3S/c1-32(30,31)27-6-4-15(5-7-27)25-21-24-11-14-10-16(18(22)23)20(29)28(19(14)26-21)17-9-12-2-3-13(17)8-12/h10-13,15,17-18H,2-9H2,1H3,(H,24,25,26). The van der Waals surface area contributed by atoms with E-state index in [1.165, 1.54) is 27.4 Å². The van der Waals surface area contributed by atoms with Crippen LogP contribution >= 0.6 is 0 Å². The average Bonchev–Trinajstić information content (AvgIpc) is 3.36. The molecule has 0 radical (unpaired) electrons. The molecule has 3 fully saturated rings. The normalized spacial score (nSPS) is 26.9. The lowest BCUT2D eigenvalue weighted by molar-refractivity contribution is 0.148. The Kier molecular flexibility index (Phi) is 5.43. The maximum atomic E-state index is 13.6. The molecule has 2 aliphatic carbocycles. The molecule has 2 bridgehead atoms. The van der Waals surface area contributed by atoms with Crippen LogP contribution in [-0.4, -0.2) is 52.6 Å². The second-order valence-corrected chi connectivity index (χ2v) is 11.4. The molecule has 2 aromatic heterocycles. The lowest BCUT2D eigenvalue weighted by Gasteiger charge is -2.30. The fourth-order valence-corrected chi connectivity index (χ4v) is 6.59. The van der Waals surface area contributed by atoms with Crippen molar-refractivity contribution in [2.24, 2.45) is 11.8 Å². The van der Waals surface area contributed by atoms with E-state index in [0.717, 1.165) is 25.7 Å². The summed E-state index contributed by atoms with van der Waals surface area (Å²) in [5.74, 6) is 1.19. The van der Waals surface area contributed by atoms with Crippen molar-refractivity contribution in [3.05, 3.63) is 28.2 Å². The van der Waals surface area contributed by atoms with Crippen LogP contribution in [0, 0.1) is 11.8 Å². The molecule has 3 unspecified atom stereocenters. The second kappa shape index (κ2) is 8.02. The highest BCUT2D eigenvalue weighted by Gasteiger charge is 2.42. The van der Waals surface area contributed by atoms with Crippen LogP contribution in [0.4, 0.5) is 14.7 Å². The second-order valence-electron chi connectivity index (χ2n) is 9.37. The first kappa shape index (κ1) is 21.7. The van der Waals surface area contributed by atoms with Crippen molar-refractivity contribution >= 4 is 27.0 Å². The van der Waals surface area contributed by atoms with Gasteiger partial charge < -0.3 is 5.32 Å². The van der Waals surface area contributed by atoms with Gasteiger partial charge in [0.1, 0.15) is 5.65 Å². The first-order valence-electron chi connectivity index (χ1n) is 11.1. The summed E-state index contributed by atoms with van der Waals surface area (Å²) in [4.78, 5) is 21.9. The van der Waals surface area contributed by atoms with E-state index < -0.39 is 27.6 Å². The highest BCUT2D eigenvalue weighted by Crippen LogP contribution is 2.50. The molecule has 1 aliphatic heterocycles. The molecule has 174 valence electrons. The zero-order chi connectivity index (χ0) is 22.6. The van der Waals surface area contributed by atoms with Gasteiger partial charge in [-0.05, 0) is 50.0 Å². The number of sulfonamides is 1. The summed E-state index contributed by atoms with van der Waals surface area (Å²) in [6, 6.07) is 1.09. The zero-order valence-electron chi connectivity index (χ0n) is 17.9. The largest absolute Gasteiger partial charge is 0.351 e. The van der Waals surface area contributed by atoms with Crippen LogP contribution in [0.1, 0.15) is 56.6 Å². The van der Waals surface area contributed by atoms with E-state index in [1.54, 1.807) is 0 Å². The zero-order valence-corrected chi connectivity index (χ0v) is 18.7. The number of fused-ring (bicyclic) bond motifs is 3. The molecule has 1 N–H and O–H groups in total. The number of hydrogen-bond donors (Lipinski definition) is 1. The molecule has 0 amide bonds. The SMILES string of the molecule is CS(=O)(=O)N1CCC(Nc2ncc3cc(C(F)F)c(=O)n(C4CC5CCC4C5)c3n2)CC1. The lowest BCUT2D eigenvalue weighted by atomic mass is 9.94. The molecule has 1 saturated heterocycles. The number of alkyl halides is 2. The molecule has 3 atom stereocenters. The molecule has 32 heavy (non-hydrogen) atoms. The van der Waals surface area contributed by atoms with E-state index >= 15 is 0 Å². The molecular weight excluding hydrogens is 440 g/mol. The summed E-state index contributed by atoms with van der Waals surface area (Å²) < 4.78 is 53.6. The summed E-state index contributed by atoms with van der Waals surface area (Å²) in [5.41, 5.74) is -0.767. The van der Waals surface area contributed by atoms with E-state index in [1.807, 2.05) is 0 Å². The molecule has 5 rings (SSSR count). The van der Waals surface area contributed by atoms with Crippen LogP contribution < -0.4 is 10.9 Å². The Morgan fingerprint density at radius 3 is 2.50 bits per heavy atom. The Morgan fingerprint density at radius 2 is 1.91 bits per heavy atom. The number of nitrogens with zero attached hydrogens (tertiary/aromatic N) is 4. The molecule has 8 nitrogen and oxygen atoms in total. The van der Waals surface area contributed by atoms with E-state index in [2.05, 4.69) is 15.3 Å². The highest BCUT2D eigenvalue weighted by atomic mass is 32.2. The van der Waals surface area contributed by atoms with Gasteiger partial charge in [-0.1, -0.05) is 6.42 Å². The summed E-state index contributed by atoms with van der Waals surface area (Å²) in [6.07, 6.45) is 5.06. The summed E-state index contributed by atoms with van der Waals surface area (Å²) in [5, 5.41) is 3.68. The third-order valence-corrected chi connectivity index (χ3v) is 8.63. The van der Waals surface area contributed by atoms with Gasteiger partial charge in [0.05, 0.1) is 11.8 Å². The molecule has 2 aromatic rings. The van der Waals surface area contributed by atoms with Crippen LogP contribution in [-0.2, 0) is 10.0 Å². The van der Waals surface area contributed by atoms with Gasteiger partial charge in [0.15, 0.2) is 0 Å². The van der Waals surface area contributed by atoms with Crippen molar-refractivity contribution in [3.8, 4) is 0 Å². The Balaban J connectivity index is 1.47. The lowest BCUT2D eigenvalue weighted by Crippen LogP contribution is -2.42. The van der Waals surface area contributed by atoms with Crippen molar-refractivity contribution in [2.75, 3.05) is 24.7 Å². The first-order chi connectivity index (χ1) is 15.2. The number of halogens is 2. The average molecular weight is 468 g/mol. The van der Waals surface area contributed by atoms with Gasteiger partial charge in [0.2, 0.25) is 16.0 Å². The van der Waals surface area contributed by atoms with Crippen LogP contribution in [0.2, 0.25) is 0 Å². The fourth-order valence-electron chi connectivity index (χ4n) is 5.72. The Hall–Kier alpha value is -2.14. The van der Waals surface area contributed by atoms with Crippen molar-refractivity contribution in [1.82, 2.24) is 18.8 Å². The predicted molar refractivity (Wildman–Crippen MR) is 116 cm³/mol. The molecule has 11 heteroatoms. The fraction of sp³-hybridized carbons (Fsp3) is 0.667. The minimum atomic E-state index is -3.21. The van der Waals surface area contributed by atoms with Gasteiger partial charge in [-0.3, -0.25) is 9.36 Å². The minimum Gasteiger partial charge on any atom is -0.351 e. The summed E-state index contributed by atoms with van der Waals surface area (Å²) in [7, 11) is -3.21. The quantitative estimate of drug-likeness (QED) is 0.726. The number of anilines is 1. The van der Waals surface area contributed by atoms with Crippen molar-refractivity contribution in [3.63, 3.8) is 0 Å². The van der Waals surface area contributed by atoms with E-state index in [4.69, 9.17) is 0 Å². The Labute approximate surface area is 185 Å². The third-order valence-electron chi connectivity index (χ3n) is 7.32. The van der Waals surface area contributed by atoms with E-state index in [-0.39, 0.29) is 12.1 Å². The number of piperidine rings is 1. The van der Waals surface area contributed by atoms with Crippen LogP contribution in [0.15, 0.2) is 17.1 Å². The molecular formula is C21H27F2N5O3S. The predicted octanol–water partition coefficient (Wildman–Crippen LogP) is 2.93. The van der Waals surface area contributed by atoms with Gasteiger partial charge in [-0.25, -0.2) is 26.5 Å². The minimum absolute atomic E-state index is 0.00606. The molecule has 2 saturated carbocycles. The maximum absolute atomic E-state index is 13.6. The van der Waals surface area contributed by atoms with Gasteiger partial charge in [0.25, 0.3) is 12.0 Å².